The van der Waals surface area contributed by atoms with Crippen LogP contribution < -0.4 is 10.2 Å². The summed E-state index contributed by atoms with van der Waals surface area (Å²) in [6.45, 7) is 9.12. The van der Waals surface area contributed by atoms with Crippen LogP contribution in [0, 0.1) is 12.8 Å². The number of hydrogen-bond acceptors (Lipinski definition) is 3. The number of rotatable bonds is 7. The summed E-state index contributed by atoms with van der Waals surface area (Å²) in [5.74, 6) is 2.66. The van der Waals surface area contributed by atoms with Crippen LogP contribution in [0.15, 0.2) is 40.8 Å². The molecule has 3 heteroatoms. The first-order valence-corrected chi connectivity index (χ1v) is 7.60. The lowest BCUT2D eigenvalue weighted by Gasteiger charge is -2.18. The van der Waals surface area contributed by atoms with Crippen molar-refractivity contribution >= 4 is 5.69 Å². The second kappa shape index (κ2) is 7.32. The highest BCUT2D eigenvalue weighted by atomic mass is 16.3. The number of nitrogens with zero attached hydrogens (tertiary/aromatic N) is 1. The van der Waals surface area contributed by atoms with Crippen molar-refractivity contribution in [2.75, 3.05) is 18.5 Å². The van der Waals surface area contributed by atoms with Gasteiger partial charge in [-0.1, -0.05) is 26.0 Å². The molecular formula is C18H26N2O. The molecule has 0 unspecified atom stereocenters. The van der Waals surface area contributed by atoms with E-state index in [1.54, 1.807) is 0 Å². The minimum Gasteiger partial charge on any atom is -0.463 e. The van der Waals surface area contributed by atoms with E-state index in [1.165, 1.54) is 11.3 Å². The molecule has 2 aromatic rings. The molecule has 0 aliphatic heterocycles. The fourth-order valence-electron chi connectivity index (χ4n) is 2.28. The average molecular weight is 286 g/mol. The molecule has 1 N–H and O–H groups in total. The van der Waals surface area contributed by atoms with Crippen molar-refractivity contribution in [3.63, 3.8) is 0 Å². The first-order chi connectivity index (χ1) is 10.0. The fourth-order valence-corrected chi connectivity index (χ4v) is 2.28. The monoisotopic (exact) mass is 286 g/mol. The number of benzene rings is 1. The summed E-state index contributed by atoms with van der Waals surface area (Å²) in [6.07, 6.45) is 0. The van der Waals surface area contributed by atoms with Gasteiger partial charge in [0.1, 0.15) is 11.5 Å². The van der Waals surface area contributed by atoms with Gasteiger partial charge in [-0.2, -0.15) is 0 Å². The number of furan rings is 1. The summed E-state index contributed by atoms with van der Waals surface area (Å²) < 4.78 is 5.88. The van der Waals surface area contributed by atoms with Crippen molar-refractivity contribution in [3.8, 4) is 0 Å². The van der Waals surface area contributed by atoms with Crippen molar-refractivity contribution in [1.29, 1.82) is 0 Å². The van der Waals surface area contributed by atoms with Gasteiger partial charge in [0.05, 0.1) is 13.1 Å². The Morgan fingerprint density at radius 3 is 2.62 bits per heavy atom. The van der Waals surface area contributed by atoms with Crippen molar-refractivity contribution in [2.24, 2.45) is 5.92 Å². The molecule has 0 radical (unpaired) electrons. The van der Waals surface area contributed by atoms with Gasteiger partial charge >= 0.3 is 0 Å². The summed E-state index contributed by atoms with van der Waals surface area (Å²) in [4.78, 5) is 2.21. The van der Waals surface area contributed by atoms with E-state index in [4.69, 9.17) is 4.42 Å². The smallest absolute Gasteiger partial charge is 0.123 e. The van der Waals surface area contributed by atoms with Gasteiger partial charge in [-0.15, -0.1) is 0 Å². The molecule has 2 rings (SSSR count). The van der Waals surface area contributed by atoms with Crippen LogP contribution in [0.3, 0.4) is 0 Å². The van der Waals surface area contributed by atoms with Gasteiger partial charge in [0.15, 0.2) is 0 Å². The third-order valence-corrected chi connectivity index (χ3v) is 3.40. The van der Waals surface area contributed by atoms with E-state index in [1.807, 2.05) is 0 Å². The maximum absolute atomic E-state index is 5.88. The molecule has 0 saturated carbocycles. The topological polar surface area (TPSA) is 28.4 Å². The van der Waals surface area contributed by atoms with Crippen LogP contribution in [0.1, 0.15) is 30.9 Å². The van der Waals surface area contributed by atoms with Gasteiger partial charge in [-0.25, -0.2) is 0 Å². The van der Waals surface area contributed by atoms with Gasteiger partial charge in [0.2, 0.25) is 0 Å². The Morgan fingerprint density at radius 1 is 1.14 bits per heavy atom. The molecular weight excluding hydrogens is 260 g/mol. The normalized spacial score (nSPS) is 11.1. The molecule has 0 amide bonds. The Kier molecular flexibility index (Phi) is 5.45. The SMILES string of the molecule is Cc1cccc(N(C)Cc2ccc(CNCC(C)C)o2)c1. The summed E-state index contributed by atoms with van der Waals surface area (Å²) in [5.41, 5.74) is 2.49. The van der Waals surface area contributed by atoms with E-state index in [-0.39, 0.29) is 0 Å². The van der Waals surface area contributed by atoms with Crippen LogP contribution in [0.25, 0.3) is 0 Å². The van der Waals surface area contributed by atoms with Crippen LogP contribution in [0.2, 0.25) is 0 Å². The maximum atomic E-state index is 5.88. The third kappa shape index (κ3) is 4.94. The highest BCUT2D eigenvalue weighted by Crippen LogP contribution is 2.18. The van der Waals surface area contributed by atoms with Crippen LogP contribution in [0.5, 0.6) is 0 Å². The van der Waals surface area contributed by atoms with Crippen molar-refractivity contribution < 1.29 is 4.42 Å². The van der Waals surface area contributed by atoms with Gasteiger partial charge in [0.25, 0.3) is 0 Å². The van der Waals surface area contributed by atoms with Crippen LogP contribution in [-0.2, 0) is 13.1 Å². The number of anilines is 1. The van der Waals surface area contributed by atoms with Crippen molar-refractivity contribution in [1.82, 2.24) is 5.32 Å². The van der Waals surface area contributed by atoms with Crippen LogP contribution in [0.4, 0.5) is 5.69 Å². The summed E-state index contributed by atoms with van der Waals surface area (Å²) >= 11 is 0. The van der Waals surface area contributed by atoms with E-state index >= 15 is 0 Å². The number of hydrogen-bond donors (Lipinski definition) is 1. The van der Waals surface area contributed by atoms with E-state index in [2.05, 4.69) is 74.4 Å². The highest BCUT2D eigenvalue weighted by molar-refractivity contribution is 5.47. The van der Waals surface area contributed by atoms with Gasteiger partial charge in [-0.05, 0) is 49.2 Å². The number of aryl methyl sites for hydroxylation is 1. The molecule has 1 aromatic carbocycles. The second-order valence-corrected chi connectivity index (χ2v) is 6.09. The summed E-state index contributed by atoms with van der Waals surface area (Å²) in [7, 11) is 2.09. The molecule has 0 bridgehead atoms. The van der Waals surface area contributed by atoms with Crippen molar-refractivity contribution in [3.05, 3.63) is 53.5 Å². The zero-order valence-electron chi connectivity index (χ0n) is 13.5. The quantitative estimate of drug-likeness (QED) is 0.835. The zero-order chi connectivity index (χ0) is 15.2. The minimum atomic E-state index is 0.659. The molecule has 0 atom stereocenters. The Labute approximate surface area is 128 Å². The average Bonchev–Trinajstić information content (AvgIpc) is 2.86. The highest BCUT2D eigenvalue weighted by Gasteiger charge is 2.07. The molecule has 3 nitrogen and oxygen atoms in total. The molecule has 1 heterocycles. The molecule has 21 heavy (non-hydrogen) atoms. The van der Waals surface area contributed by atoms with Gasteiger partial charge < -0.3 is 14.6 Å². The fraction of sp³-hybridized carbons (Fsp3) is 0.444. The largest absolute Gasteiger partial charge is 0.463 e. The predicted octanol–water partition coefficient (Wildman–Crippen LogP) is 3.97. The lowest BCUT2D eigenvalue weighted by atomic mass is 10.2. The molecule has 114 valence electrons. The third-order valence-electron chi connectivity index (χ3n) is 3.40. The first-order valence-electron chi connectivity index (χ1n) is 7.60. The lowest BCUT2D eigenvalue weighted by Crippen LogP contribution is -2.18. The van der Waals surface area contributed by atoms with Crippen LogP contribution in [-0.4, -0.2) is 13.6 Å². The van der Waals surface area contributed by atoms with E-state index < -0.39 is 0 Å². The van der Waals surface area contributed by atoms with E-state index in [9.17, 15) is 0 Å². The molecule has 0 fully saturated rings. The maximum Gasteiger partial charge on any atom is 0.123 e. The van der Waals surface area contributed by atoms with E-state index in [0.29, 0.717) is 5.92 Å². The molecule has 0 saturated heterocycles. The van der Waals surface area contributed by atoms with Gasteiger partial charge in [0, 0.05) is 12.7 Å². The standard InChI is InChI=1S/C18H26N2O/c1-14(2)11-19-12-17-8-9-18(21-17)13-20(4)16-7-5-6-15(3)10-16/h5-10,14,19H,11-13H2,1-4H3. The lowest BCUT2D eigenvalue weighted by molar-refractivity contribution is 0.435. The Hall–Kier alpha value is -1.74. The molecule has 0 aliphatic carbocycles. The van der Waals surface area contributed by atoms with Crippen LogP contribution >= 0.6 is 0 Å². The minimum absolute atomic E-state index is 0.659. The molecule has 1 aromatic heterocycles. The van der Waals surface area contributed by atoms with Gasteiger partial charge in [-0.3, -0.25) is 0 Å². The second-order valence-electron chi connectivity index (χ2n) is 6.09. The zero-order valence-corrected chi connectivity index (χ0v) is 13.5. The summed E-state index contributed by atoms with van der Waals surface area (Å²) in [6, 6.07) is 12.6. The Bertz CT molecular complexity index is 560. The predicted molar refractivity (Wildman–Crippen MR) is 88.5 cm³/mol. The molecule has 0 aliphatic rings. The van der Waals surface area contributed by atoms with E-state index in [0.717, 1.165) is 31.2 Å². The summed E-state index contributed by atoms with van der Waals surface area (Å²) in [5, 5.41) is 3.40. The Morgan fingerprint density at radius 2 is 1.90 bits per heavy atom. The van der Waals surface area contributed by atoms with Crippen molar-refractivity contribution in [2.45, 2.75) is 33.9 Å². The Balaban J connectivity index is 1.90. The number of nitrogens with one attached hydrogen (secondary N) is 1. The first kappa shape index (κ1) is 15.6. The molecule has 0 spiro atoms.